The van der Waals surface area contributed by atoms with Gasteiger partial charge in [-0.05, 0) is 70.6 Å². The molecule has 0 saturated heterocycles. The molecule has 8 aromatic carbocycles. The summed E-state index contributed by atoms with van der Waals surface area (Å²) in [7, 11) is 0. The lowest BCUT2D eigenvalue weighted by molar-refractivity contribution is 0.669. The van der Waals surface area contributed by atoms with Crippen LogP contribution in [0.4, 0.5) is 0 Å². The van der Waals surface area contributed by atoms with Crippen LogP contribution in [0.2, 0.25) is 0 Å². The molecule has 262 valence electrons. The Morgan fingerprint density at radius 3 is 1.88 bits per heavy atom. The quantitative estimate of drug-likeness (QED) is 0.171. The van der Waals surface area contributed by atoms with Crippen molar-refractivity contribution < 1.29 is 29.1 Å². The van der Waals surface area contributed by atoms with E-state index in [9.17, 15) is 4.11 Å². The van der Waals surface area contributed by atoms with Gasteiger partial charge in [-0.15, -0.1) is 0 Å². The molecule has 0 aliphatic heterocycles. The summed E-state index contributed by atoms with van der Waals surface area (Å²) < 4.78 is 167. The Balaban J connectivity index is 1.26. The summed E-state index contributed by atoms with van der Waals surface area (Å²) >= 11 is 0. The van der Waals surface area contributed by atoms with Crippen molar-refractivity contribution in [1.29, 1.82) is 0 Å². The number of hydrogen-bond acceptors (Lipinski definition) is 4. The highest BCUT2D eigenvalue weighted by Crippen LogP contribution is 2.39. The van der Waals surface area contributed by atoms with Crippen LogP contribution in [0.1, 0.15) is 24.7 Å². The third-order valence-corrected chi connectivity index (χ3v) is 9.43. The molecule has 11 rings (SSSR count). The number of para-hydroxylation sites is 4. The molecule has 0 saturated carbocycles. The minimum absolute atomic E-state index is 0.0865. The molecule has 0 unspecified atom stereocenters. The van der Waals surface area contributed by atoms with E-state index in [2.05, 4.69) is 0 Å². The number of nitrogens with zero attached hydrogens (tertiary/aromatic N) is 4. The molecule has 0 fully saturated rings. The minimum Gasteiger partial charge on any atom is -0.455 e. The van der Waals surface area contributed by atoms with Gasteiger partial charge in [0, 0.05) is 38.4 Å². The van der Waals surface area contributed by atoms with Crippen molar-refractivity contribution in [1.82, 2.24) is 19.5 Å². The highest BCUT2D eigenvalue weighted by Gasteiger charge is 2.20. The van der Waals surface area contributed by atoms with E-state index >= 15 is 0 Å². The maximum atomic E-state index is 9.93. The average molecular weight is 735 g/mol. The van der Waals surface area contributed by atoms with Crippen LogP contribution in [0.5, 0.6) is 0 Å². The highest BCUT2D eigenvalue weighted by molar-refractivity contribution is 6.11. The first-order valence-corrected chi connectivity index (χ1v) is 17.3. The zero-order valence-electron chi connectivity index (χ0n) is 46.8. The zero-order chi connectivity index (χ0) is 52.7. The van der Waals surface area contributed by atoms with Gasteiger partial charge in [-0.1, -0.05) is 145 Å². The molecule has 0 bridgehead atoms. The van der Waals surface area contributed by atoms with E-state index in [1.165, 1.54) is 0 Å². The van der Waals surface area contributed by atoms with Crippen LogP contribution in [-0.4, -0.2) is 19.5 Å². The maximum absolute atomic E-state index is 9.93. The van der Waals surface area contributed by atoms with E-state index in [0.717, 1.165) is 21.8 Å². The number of fused-ring (bicyclic) bond motifs is 6. The molecule has 0 amide bonds. The number of benzene rings is 8. The summed E-state index contributed by atoms with van der Waals surface area (Å²) in [5.41, 5.74) is 1.13. The van der Waals surface area contributed by atoms with Gasteiger partial charge in [-0.3, -0.25) is 0 Å². The Morgan fingerprint density at radius 1 is 0.411 bits per heavy atom. The van der Waals surface area contributed by atoms with Crippen molar-refractivity contribution in [2.75, 3.05) is 0 Å². The first-order chi connectivity index (χ1) is 35.2. The molecule has 56 heavy (non-hydrogen) atoms. The van der Waals surface area contributed by atoms with Gasteiger partial charge in [0.1, 0.15) is 11.2 Å². The molecular weight excluding hydrogens is 685 g/mol. The molecule has 0 atom stereocenters. The Bertz CT molecular complexity index is 4260. The van der Waals surface area contributed by atoms with Crippen molar-refractivity contribution in [2.24, 2.45) is 0 Å². The summed E-state index contributed by atoms with van der Waals surface area (Å²) in [5.74, 6) is -0.818. The van der Waals surface area contributed by atoms with E-state index in [0.29, 0.717) is 16.7 Å². The molecule has 5 heteroatoms. The first kappa shape index (κ1) is 18.6. The van der Waals surface area contributed by atoms with E-state index < -0.39 is 114 Å². The fourth-order valence-electron chi connectivity index (χ4n) is 6.88. The molecule has 5 nitrogen and oxygen atoms in total. The summed E-state index contributed by atoms with van der Waals surface area (Å²) in [4.78, 5) is 14.5. The Hall–Kier alpha value is -7.63. The van der Waals surface area contributed by atoms with Crippen molar-refractivity contribution in [3.05, 3.63) is 194 Å². The van der Waals surface area contributed by atoms with Gasteiger partial charge in [-0.25, -0.2) is 15.0 Å². The molecule has 11 aromatic rings. The minimum atomic E-state index is -0.761. The van der Waals surface area contributed by atoms with Crippen LogP contribution >= 0.6 is 0 Å². The smallest absolute Gasteiger partial charge is 0.167 e. The van der Waals surface area contributed by atoms with Crippen molar-refractivity contribution in [3.8, 4) is 62.1 Å². The lowest BCUT2D eigenvalue weighted by Gasteiger charge is -2.13. The molecular formula is C51H32N4O. The standard InChI is InChI=1S/C51H32N4O/c1-3-14-33(15-4-1)34-26-28-35(29-27-34)38-18-7-8-21-42(38)50-52-49(53-51(54-50)43-23-13-22-41-40-20-10-12-25-47(40)56-48(41)43)36-30-31-46-44(32-36)39-19-9-11-24-45(39)55(46)37-16-5-2-6-17-37/h1-32H/i2D,5D,6D,9D,10D,11D,12D,13D,16D,17D,19D,20D,22D,23D,24D,25D,31D,32D. The second kappa shape index (κ2) is 13.0. The first-order valence-electron chi connectivity index (χ1n) is 26.3. The predicted octanol–water partition coefficient (Wildman–Crippen LogP) is 13.2. The van der Waals surface area contributed by atoms with E-state index in [-0.39, 0.29) is 72.3 Å². The molecule has 0 spiro atoms. The van der Waals surface area contributed by atoms with Gasteiger partial charge < -0.3 is 8.98 Å². The molecule has 3 heterocycles. The molecule has 0 aliphatic carbocycles. The second-order valence-electron chi connectivity index (χ2n) is 12.6. The summed E-state index contributed by atoms with van der Waals surface area (Å²) in [6.45, 7) is 0. The van der Waals surface area contributed by atoms with E-state index in [1.807, 2.05) is 60.7 Å². The molecule has 3 aromatic heterocycles. The second-order valence-corrected chi connectivity index (χ2v) is 12.6. The van der Waals surface area contributed by atoms with Crippen LogP contribution in [0.15, 0.2) is 198 Å². The van der Waals surface area contributed by atoms with Gasteiger partial charge >= 0.3 is 0 Å². The normalized spacial score (nSPS) is 16.1. The number of hydrogen-bond donors (Lipinski definition) is 0. The summed E-state index contributed by atoms with van der Waals surface area (Å²) in [6.07, 6.45) is 0. The van der Waals surface area contributed by atoms with Crippen LogP contribution in [0.3, 0.4) is 0 Å². The van der Waals surface area contributed by atoms with Gasteiger partial charge in [0.2, 0.25) is 0 Å². The van der Waals surface area contributed by atoms with Crippen molar-refractivity contribution in [3.63, 3.8) is 0 Å². The monoisotopic (exact) mass is 734 g/mol. The molecule has 0 radical (unpaired) electrons. The third kappa shape index (κ3) is 5.29. The summed E-state index contributed by atoms with van der Waals surface area (Å²) in [6, 6.07) is 13.7. The SMILES string of the molecule is [2H]c1c([2H])c([2H])c(-n2c3c([2H])cc(-c4nc(-c5ccccc5-c5ccc(-c6ccccc6)cc5)nc(-c5c([2H])c([2H])c([2H])c6c5oc5c([2H])c([2H])c([2H])c([2H])c56)n4)c([2H])c3c3c([2H])c([2H])c([2H])c([2H])c32)c([2H])c1[2H]. The van der Waals surface area contributed by atoms with Gasteiger partial charge in [-0.2, -0.15) is 0 Å². The molecule has 0 N–H and O–H groups in total. The Kier molecular flexibility index (Phi) is 4.33. The third-order valence-electron chi connectivity index (χ3n) is 9.43. The average Bonchev–Trinajstić information content (AvgIpc) is 4.01. The molecule has 0 aliphatic rings. The van der Waals surface area contributed by atoms with Crippen molar-refractivity contribution in [2.45, 2.75) is 0 Å². The maximum Gasteiger partial charge on any atom is 0.167 e. The number of aromatic nitrogens is 4. The van der Waals surface area contributed by atoms with Crippen LogP contribution < -0.4 is 0 Å². The fourth-order valence-corrected chi connectivity index (χ4v) is 6.88. The topological polar surface area (TPSA) is 56.7 Å². The zero-order valence-corrected chi connectivity index (χ0v) is 28.8. The van der Waals surface area contributed by atoms with Crippen LogP contribution in [0.25, 0.3) is 106 Å². The Morgan fingerprint density at radius 2 is 1.04 bits per heavy atom. The van der Waals surface area contributed by atoms with Crippen LogP contribution in [0, 0.1) is 0 Å². The van der Waals surface area contributed by atoms with Gasteiger partial charge in [0.05, 0.1) is 41.3 Å². The summed E-state index contributed by atoms with van der Waals surface area (Å²) in [5, 5.41) is -1.06. The van der Waals surface area contributed by atoms with Gasteiger partial charge in [0.25, 0.3) is 0 Å². The van der Waals surface area contributed by atoms with Crippen molar-refractivity contribution >= 4 is 43.7 Å². The Labute approximate surface area is 348 Å². The van der Waals surface area contributed by atoms with Crippen LogP contribution in [-0.2, 0) is 0 Å². The lowest BCUT2D eigenvalue weighted by atomic mass is 9.96. The number of rotatable bonds is 6. The van der Waals surface area contributed by atoms with E-state index in [1.54, 1.807) is 18.2 Å². The lowest BCUT2D eigenvalue weighted by Crippen LogP contribution is -2.01. The van der Waals surface area contributed by atoms with Gasteiger partial charge in [0.15, 0.2) is 17.5 Å². The fraction of sp³-hybridized carbons (Fsp3) is 0. The highest BCUT2D eigenvalue weighted by atomic mass is 16.3. The number of furan rings is 1. The predicted molar refractivity (Wildman–Crippen MR) is 229 cm³/mol. The largest absolute Gasteiger partial charge is 0.455 e. The van der Waals surface area contributed by atoms with E-state index in [4.69, 9.17) is 39.9 Å².